The number of hydrogen-bond donors (Lipinski definition) is 0. The molecule has 1 aliphatic heterocycles. The minimum atomic E-state index is -0.996. The van der Waals surface area contributed by atoms with E-state index in [4.69, 9.17) is 0 Å². The normalized spacial score (nSPS) is 16.6. The molecule has 0 unspecified atom stereocenters. The molecule has 1 saturated heterocycles. The first-order chi connectivity index (χ1) is 13.9. The maximum atomic E-state index is 13.7. The highest BCUT2D eigenvalue weighted by Gasteiger charge is 2.37. The number of amides is 2. The largest absolute Gasteiger partial charge is 0.332 e. The number of anilines is 1. The highest BCUT2D eigenvalue weighted by atomic mass is 19.2. The number of benzene rings is 2. The van der Waals surface area contributed by atoms with Gasteiger partial charge in [-0.1, -0.05) is 18.2 Å². The lowest BCUT2D eigenvalue weighted by Gasteiger charge is -2.24. The number of hydrogen-bond acceptors (Lipinski definition) is 3. The summed E-state index contributed by atoms with van der Waals surface area (Å²) in [5.74, 6) is -1.94. The van der Waals surface area contributed by atoms with Crippen molar-refractivity contribution in [2.24, 2.45) is 0 Å². The standard InChI is InChI=1S/C21H20F2N4O2/c1-13-24-17-10-15(22)16(23)11-19(17)27(13)12-20(28)25(2)18-8-9-26(21(18)29)14-6-4-3-5-7-14/h3-7,10-11,18H,8-9,12H2,1-2H3/t18-/m0/s1. The third kappa shape index (κ3) is 3.35. The summed E-state index contributed by atoms with van der Waals surface area (Å²) in [6.07, 6.45) is 0.527. The van der Waals surface area contributed by atoms with Crippen LogP contribution in [0, 0.1) is 18.6 Å². The summed E-state index contributed by atoms with van der Waals surface area (Å²) >= 11 is 0. The Morgan fingerprint density at radius 1 is 1.21 bits per heavy atom. The lowest BCUT2D eigenvalue weighted by Crippen LogP contribution is -2.44. The van der Waals surface area contributed by atoms with Gasteiger partial charge in [0.25, 0.3) is 0 Å². The number of para-hydroxylation sites is 1. The van der Waals surface area contributed by atoms with Gasteiger partial charge < -0.3 is 14.4 Å². The summed E-state index contributed by atoms with van der Waals surface area (Å²) in [6, 6.07) is 10.8. The fourth-order valence-corrected chi connectivity index (χ4v) is 3.75. The van der Waals surface area contributed by atoms with Crippen LogP contribution in [-0.2, 0) is 16.1 Å². The van der Waals surface area contributed by atoms with Crippen molar-refractivity contribution in [2.75, 3.05) is 18.5 Å². The van der Waals surface area contributed by atoms with E-state index < -0.39 is 17.7 Å². The lowest BCUT2D eigenvalue weighted by molar-refractivity contribution is -0.137. The van der Waals surface area contributed by atoms with Crippen molar-refractivity contribution in [2.45, 2.75) is 25.9 Å². The lowest BCUT2D eigenvalue weighted by atomic mass is 10.2. The Morgan fingerprint density at radius 2 is 1.90 bits per heavy atom. The average Bonchev–Trinajstić information content (AvgIpc) is 3.22. The SMILES string of the molecule is Cc1nc2cc(F)c(F)cc2n1CC(=O)N(C)[C@H]1CCN(c2ccccc2)C1=O. The van der Waals surface area contributed by atoms with E-state index in [0.29, 0.717) is 24.3 Å². The number of aryl methyl sites for hydroxylation is 1. The Balaban J connectivity index is 1.54. The van der Waals surface area contributed by atoms with Crippen molar-refractivity contribution in [3.05, 3.63) is 59.9 Å². The molecular weight excluding hydrogens is 378 g/mol. The first kappa shape index (κ1) is 19.0. The van der Waals surface area contributed by atoms with Gasteiger partial charge in [-0.15, -0.1) is 0 Å². The van der Waals surface area contributed by atoms with E-state index in [0.717, 1.165) is 17.8 Å². The van der Waals surface area contributed by atoms with E-state index in [-0.39, 0.29) is 23.9 Å². The van der Waals surface area contributed by atoms with Crippen molar-refractivity contribution in [1.29, 1.82) is 0 Å². The minimum absolute atomic E-state index is 0.112. The van der Waals surface area contributed by atoms with Gasteiger partial charge in [0, 0.05) is 31.4 Å². The number of carbonyl (C=O) groups excluding carboxylic acids is 2. The predicted molar refractivity (Wildman–Crippen MR) is 104 cm³/mol. The van der Waals surface area contributed by atoms with Gasteiger partial charge in [0.15, 0.2) is 11.6 Å². The summed E-state index contributed by atoms with van der Waals surface area (Å²) in [5, 5.41) is 0. The summed E-state index contributed by atoms with van der Waals surface area (Å²) in [5.41, 5.74) is 1.42. The van der Waals surface area contributed by atoms with Crippen LogP contribution in [0.3, 0.4) is 0 Å². The monoisotopic (exact) mass is 398 g/mol. The van der Waals surface area contributed by atoms with E-state index in [1.165, 1.54) is 9.47 Å². The van der Waals surface area contributed by atoms with Gasteiger partial charge in [0.1, 0.15) is 18.4 Å². The molecule has 8 heteroatoms. The van der Waals surface area contributed by atoms with Gasteiger partial charge in [-0.3, -0.25) is 9.59 Å². The Kier molecular flexibility index (Phi) is 4.77. The van der Waals surface area contributed by atoms with E-state index in [9.17, 15) is 18.4 Å². The second-order valence-corrected chi connectivity index (χ2v) is 7.13. The second kappa shape index (κ2) is 7.27. The first-order valence-corrected chi connectivity index (χ1v) is 9.31. The molecule has 3 aromatic rings. The molecule has 0 spiro atoms. The molecule has 2 amide bonds. The molecule has 0 N–H and O–H groups in total. The third-order valence-corrected chi connectivity index (χ3v) is 5.38. The third-order valence-electron chi connectivity index (χ3n) is 5.38. The van der Waals surface area contributed by atoms with Crippen LogP contribution >= 0.6 is 0 Å². The first-order valence-electron chi connectivity index (χ1n) is 9.31. The van der Waals surface area contributed by atoms with E-state index >= 15 is 0 Å². The van der Waals surface area contributed by atoms with E-state index in [2.05, 4.69) is 4.98 Å². The zero-order valence-corrected chi connectivity index (χ0v) is 16.1. The summed E-state index contributed by atoms with van der Waals surface area (Å²) in [6.45, 7) is 2.09. The van der Waals surface area contributed by atoms with E-state index in [1.807, 2.05) is 30.3 Å². The van der Waals surface area contributed by atoms with Crippen LogP contribution in [0.1, 0.15) is 12.2 Å². The molecule has 0 radical (unpaired) electrons. The molecule has 4 rings (SSSR count). The molecule has 29 heavy (non-hydrogen) atoms. The van der Waals surface area contributed by atoms with Gasteiger partial charge in [0.05, 0.1) is 11.0 Å². The number of imidazole rings is 1. The van der Waals surface area contributed by atoms with Crippen LogP contribution in [-0.4, -0.2) is 45.9 Å². The van der Waals surface area contributed by atoms with Gasteiger partial charge in [-0.2, -0.15) is 0 Å². The number of nitrogens with zero attached hydrogens (tertiary/aromatic N) is 4. The molecule has 0 aliphatic carbocycles. The maximum absolute atomic E-state index is 13.7. The van der Waals surface area contributed by atoms with Gasteiger partial charge in [-0.05, 0) is 25.5 Å². The fraction of sp³-hybridized carbons (Fsp3) is 0.286. The maximum Gasteiger partial charge on any atom is 0.249 e. The van der Waals surface area contributed by atoms with Gasteiger partial charge in [0.2, 0.25) is 11.8 Å². The predicted octanol–water partition coefficient (Wildman–Crippen LogP) is 2.89. The molecular formula is C21H20F2N4O2. The Morgan fingerprint density at radius 3 is 2.62 bits per heavy atom. The van der Waals surface area contributed by atoms with Crippen LogP contribution in [0.2, 0.25) is 0 Å². The topological polar surface area (TPSA) is 58.4 Å². The molecule has 1 atom stereocenters. The van der Waals surface area contributed by atoms with Crippen molar-refractivity contribution < 1.29 is 18.4 Å². The van der Waals surface area contributed by atoms with Crippen molar-refractivity contribution in [1.82, 2.24) is 14.5 Å². The smallest absolute Gasteiger partial charge is 0.249 e. The van der Waals surface area contributed by atoms with Crippen LogP contribution in [0.25, 0.3) is 11.0 Å². The molecule has 150 valence electrons. The molecule has 0 bridgehead atoms. The van der Waals surface area contributed by atoms with E-state index in [1.54, 1.807) is 18.9 Å². The summed E-state index contributed by atoms with van der Waals surface area (Å²) in [7, 11) is 1.59. The Labute approximate surface area is 166 Å². The number of likely N-dealkylation sites (N-methyl/N-ethyl adjacent to an activating group) is 1. The van der Waals surface area contributed by atoms with Crippen LogP contribution in [0.4, 0.5) is 14.5 Å². The number of halogens is 2. The van der Waals surface area contributed by atoms with Crippen LogP contribution < -0.4 is 4.90 Å². The Hall–Kier alpha value is -3.29. The zero-order valence-electron chi connectivity index (χ0n) is 16.1. The minimum Gasteiger partial charge on any atom is -0.332 e. The van der Waals surface area contributed by atoms with Crippen LogP contribution in [0.5, 0.6) is 0 Å². The molecule has 1 aliphatic rings. The van der Waals surface area contributed by atoms with Crippen molar-refractivity contribution in [3.8, 4) is 0 Å². The summed E-state index contributed by atoms with van der Waals surface area (Å²) in [4.78, 5) is 33.0. The number of rotatable bonds is 4. The zero-order chi connectivity index (χ0) is 20.7. The Bertz CT molecular complexity index is 1100. The average molecular weight is 398 g/mol. The molecule has 1 aromatic heterocycles. The summed E-state index contributed by atoms with van der Waals surface area (Å²) < 4.78 is 28.7. The van der Waals surface area contributed by atoms with Crippen molar-refractivity contribution in [3.63, 3.8) is 0 Å². The molecule has 2 aromatic carbocycles. The van der Waals surface area contributed by atoms with Crippen molar-refractivity contribution >= 4 is 28.5 Å². The molecule has 1 fully saturated rings. The number of fused-ring (bicyclic) bond motifs is 1. The fourth-order valence-electron chi connectivity index (χ4n) is 3.75. The molecule has 2 heterocycles. The number of carbonyl (C=O) groups is 2. The second-order valence-electron chi connectivity index (χ2n) is 7.13. The molecule has 6 nitrogen and oxygen atoms in total. The quantitative estimate of drug-likeness (QED) is 0.679. The van der Waals surface area contributed by atoms with Gasteiger partial charge in [-0.25, -0.2) is 13.8 Å². The molecule has 0 saturated carbocycles. The van der Waals surface area contributed by atoms with Crippen LogP contribution in [0.15, 0.2) is 42.5 Å². The highest BCUT2D eigenvalue weighted by Crippen LogP contribution is 2.25. The van der Waals surface area contributed by atoms with Gasteiger partial charge >= 0.3 is 0 Å². The highest BCUT2D eigenvalue weighted by molar-refractivity contribution is 6.01. The number of aromatic nitrogens is 2.